The van der Waals surface area contributed by atoms with Crippen molar-refractivity contribution in [3.05, 3.63) is 38.4 Å². The molecule has 1 aromatic rings. The van der Waals surface area contributed by atoms with Crippen molar-refractivity contribution in [3.8, 4) is 11.8 Å². The molecule has 0 unspecified atom stereocenters. The fraction of sp³-hybridized carbons (Fsp3) is 0.100. The molecule has 72 valence electrons. The van der Waals surface area contributed by atoms with Crippen LogP contribution < -0.4 is 4.74 Å². The number of nitrogens with zero attached hydrogens (tertiary/aromatic N) is 1. The molecule has 1 rings (SSSR count). The molecule has 0 radical (unpaired) electrons. The van der Waals surface area contributed by atoms with Crippen LogP contribution in [0.1, 0.15) is 5.56 Å². The molecule has 14 heavy (non-hydrogen) atoms. The summed E-state index contributed by atoms with van der Waals surface area (Å²) in [6, 6.07) is 5.73. The Morgan fingerprint density at radius 1 is 1.64 bits per heavy atom. The Balaban J connectivity index is 3.13. The highest BCUT2D eigenvalue weighted by Crippen LogP contribution is 2.29. The van der Waals surface area contributed by atoms with Gasteiger partial charge in [0, 0.05) is 4.47 Å². The lowest BCUT2D eigenvalue weighted by atomic mass is 10.2. The van der Waals surface area contributed by atoms with Crippen molar-refractivity contribution in [2.45, 2.75) is 0 Å². The highest BCUT2D eigenvalue weighted by Gasteiger charge is 2.08. The van der Waals surface area contributed by atoms with Crippen molar-refractivity contribution in [3.63, 3.8) is 0 Å². The standard InChI is InChI=1S/C10H7BrINO/c1-2-3-14-10-7(6-13)4-8(11)5-9(10)12/h2,4-5H,1,3H2. The lowest BCUT2D eigenvalue weighted by Gasteiger charge is -2.08. The Labute approximate surface area is 105 Å². The van der Waals surface area contributed by atoms with Crippen molar-refractivity contribution < 1.29 is 4.74 Å². The summed E-state index contributed by atoms with van der Waals surface area (Å²) in [5.74, 6) is 0.621. The topological polar surface area (TPSA) is 33.0 Å². The summed E-state index contributed by atoms with van der Waals surface area (Å²) in [5.41, 5.74) is 0.533. The normalized spacial score (nSPS) is 9.21. The number of hydrogen-bond donors (Lipinski definition) is 0. The van der Waals surface area contributed by atoms with Gasteiger partial charge in [-0.05, 0) is 34.7 Å². The zero-order chi connectivity index (χ0) is 10.6. The van der Waals surface area contributed by atoms with Gasteiger partial charge in [0.15, 0.2) is 5.75 Å². The maximum atomic E-state index is 8.89. The van der Waals surface area contributed by atoms with Gasteiger partial charge in [-0.15, -0.1) is 0 Å². The van der Waals surface area contributed by atoms with Gasteiger partial charge in [0.25, 0.3) is 0 Å². The van der Waals surface area contributed by atoms with E-state index in [-0.39, 0.29) is 0 Å². The monoisotopic (exact) mass is 363 g/mol. The molecule has 4 heteroatoms. The van der Waals surface area contributed by atoms with Crippen LogP contribution in [0.25, 0.3) is 0 Å². The van der Waals surface area contributed by atoms with Gasteiger partial charge < -0.3 is 4.74 Å². The van der Waals surface area contributed by atoms with E-state index in [0.29, 0.717) is 17.9 Å². The Hall–Kier alpha value is -0.540. The molecule has 0 aliphatic rings. The smallest absolute Gasteiger partial charge is 0.150 e. The summed E-state index contributed by atoms with van der Waals surface area (Å²) < 4.78 is 7.19. The minimum Gasteiger partial charge on any atom is -0.487 e. The van der Waals surface area contributed by atoms with Crippen LogP contribution in [0, 0.1) is 14.9 Å². The molecular weight excluding hydrogens is 357 g/mol. The first-order chi connectivity index (χ1) is 6.69. The van der Waals surface area contributed by atoms with Gasteiger partial charge in [-0.1, -0.05) is 28.6 Å². The van der Waals surface area contributed by atoms with Gasteiger partial charge in [-0.25, -0.2) is 0 Å². The Bertz CT molecular complexity index is 398. The summed E-state index contributed by atoms with van der Waals surface area (Å²) in [7, 11) is 0. The van der Waals surface area contributed by atoms with Gasteiger partial charge in [-0.3, -0.25) is 0 Å². The number of halogens is 2. The molecule has 2 nitrogen and oxygen atoms in total. The summed E-state index contributed by atoms with van der Waals surface area (Å²) in [6.07, 6.45) is 1.65. The van der Waals surface area contributed by atoms with E-state index in [1.54, 1.807) is 12.1 Å². The summed E-state index contributed by atoms with van der Waals surface area (Å²) >= 11 is 5.46. The number of hydrogen-bond acceptors (Lipinski definition) is 2. The Morgan fingerprint density at radius 3 is 2.93 bits per heavy atom. The van der Waals surface area contributed by atoms with Crippen LogP contribution in [0.3, 0.4) is 0 Å². The molecule has 0 saturated carbocycles. The van der Waals surface area contributed by atoms with Crippen LogP contribution in [0.5, 0.6) is 5.75 Å². The first-order valence-electron chi connectivity index (χ1n) is 3.82. The molecule has 0 fully saturated rings. The molecule has 0 atom stereocenters. The van der Waals surface area contributed by atoms with Gasteiger partial charge in [0.2, 0.25) is 0 Å². The first kappa shape index (κ1) is 11.5. The zero-order valence-electron chi connectivity index (χ0n) is 7.26. The maximum absolute atomic E-state index is 8.89. The average molecular weight is 364 g/mol. The van der Waals surface area contributed by atoms with Crippen LogP contribution in [0.15, 0.2) is 29.3 Å². The van der Waals surface area contributed by atoms with Gasteiger partial charge >= 0.3 is 0 Å². The highest BCUT2D eigenvalue weighted by molar-refractivity contribution is 14.1. The van der Waals surface area contributed by atoms with E-state index in [9.17, 15) is 0 Å². The predicted molar refractivity (Wildman–Crippen MR) is 67.3 cm³/mol. The predicted octanol–water partition coefficient (Wildman–Crippen LogP) is 3.49. The molecule has 0 bridgehead atoms. The van der Waals surface area contributed by atoms with E-state index in [4.69, 9.17) is 10.00 Å². The van der Waals surface area contributed by atoms with E-state index in [2.05, 4.69) is 51.2 Å². The zero-order valence-corrected chi connectivity index (χ0v) is 11.0. The van der Waals surface area contributed by atoms with Crippen molar-refractivity contribution in [1.29, 1.82) is 5.26 Å². The average Bonchev–Trinajstić information content (AvgIpc) is 2.15. The molecule has 0 heterocycles. The van der Waals surface area contributed by atoms with Crippen molar-refractivity contribution in [1.82, 2.24) is 0 Å². The van der Waals surface area contributed by atoms with Gasteiger partial charge in [0.05, 0.1) is 9.13 Å². The molecule has 0 saturated heterocycles. The SMILES string of the molecule is C=CCOc1c(I)cc(Br)cc1C#N. The summed E-state index contributed by atoms with van der Waals surface area (Å²) in [6.45, 7) is 3.97. The number of benzene rings is 1. The molecule has 0 spiro atoms. The van der Waals surface area contributed by atoms with Crippen molar-refractivity contribution in [2.24, 2.45) is 0 Å². The lowest BCUT2D eigenvalue weighted by molar-refractivity contribution is 0.359. The third kappa shape index (κ3) is 2.72. The van der Waals surface area contributed by atoms with Crippen LogP contribution in [0.4, 0.5) is 0 Å². The minimum absolute atomic E-state index is 0.409. The number of nitriles is 1. The number of rotatable bonds is 3. The minimum atomic E-state index is 0.409. The van der Waals surface area contributed by atoms with Gasteiger partial charge in [0.1, 0.15) is 12.7 Å². The third-order valence-corrected chi connectivity index (χ3v) is 2.73. The quantitative estimate of drug-likeness (QED) is 0.608. The molecular formula is C10H7BrINO. The van der Waals surface area contributed by atoms with Crippen molar-refractivity contribution >= 4 is 38.5 Å². The fourth-order valence-electron chi connectivity index (χ4n) is 0.932. The van der Waals surface area contributed by atoms with Crippen LogP contribution in [-0.2, 0) is 0 Å². The molecule has 0 N–H and O–H groups in total. The molecule has 0 aromatic heterocycles. The Kier molecular flexibility index (Phi) is 4.42. The van der Waals surface area contributed by atoms with Crippen LogP contribution in [0.2, 0.25) is 0 Å². The van der Waals surface area contributed by atoms with E-state index < -0.39 is 0 Å². The van der Waals surface area contributed by atoms with Crippen molar-refractivity contribution in [2.75, 3.05) is 6.61 Å². The largest absolute Gasteiger partial charge is 0.487 e. The van der Waals surface area contributed by atoms with E-state index >= 15 is 0 Å². The third-order valence-electron chi connectivity index (χ3n) is 1.47. The second-order valence-corrected chi connectivity index (χ2v) is 4.55. The second-order valence-electron chi connectivity index (χ2n) is 2.48. The highest BCUT2D eigenvalue weighted by atomic mass is 127. The molecule has 1 aromatic carbocycles. The van der Waals surface area contributed by atoms with Crippen LogP contribution in [-0.4, -0.2) is 6.61 Å². The summed E-state index contributed by atoms with van der Waals surface area (Å²) in [4.78, 5) is 0. The van der Waals surface area contributed by atoms with E-state index in [1.165, 1.54) is 0 Å². The van der Waals surface area contributed by atoms with E-state index in [0.717, 1.165) is 8.04 Å². The number of ether oxygens (including phenoxy) is 1. The van der Waals surface area contributed by atoms with Crippen LogP contribution >= 0.6 is 38.5 Å². The van der Waals surface area contributed by atoms with E-state index in [1.807, 2.05) is 6.07 Å². The maximum Gasteiger partial charge on any atom is 0.150 e. The van der Waals surface area contributed by atoms with Gasteiger partial charge in [-0.2, -0.15) is 5.26 Å². The first-order valence-corrected chi connectivity index (χ1v) is 5.69. The molecule has 0 amide bonds. The Morgan fingerprint density at radius 2 is 2.36 bits per heavy atom. The summed E-state index contributed by atoms with van der Waals surface area (Å²) in [5, 5.41) is 8.89. The molecule has 0 aliphatic heterocycles. The molecule has 0 aliphatic carbocycles. The second kappa shape index (κ2) is 5.37. The lowest BCUT2D eigenvalue weighted by Crippen LogP contribution is -1.98. The fourth-order valence-corrected chi connectivity index (χ4v) is 2.60.